The Morgan fingerprint density at radius 3 is 1.51 bits per heavy atom. The highest BCUT2D eigenvalue weighted by Crippen LogP contribution is 2.28. The Morgan fingerprint density at radius 1 is 0.622 bits per heavy atom. The van der Waals surface area contributed by atoms with Gasteiger partial charge in [0, 0.05) is 57.0 Å². The van der Waals surface area contributed by atoms with Gasteiger partial charge in [-0.3, -0.25) is 14.4 Å². The minimum absolute atomic E-state index is 0.117. The first-order valence-corrected chi connectivity index (χ1v) is 14.5. The fourth-order valence-electron chi connectivity index (χ4n) is 5.92. The zero-order valence-electron chi connectivity index (χ0n) is 23.5. The predicted molar refractivity (Wildman–Crippen MR) is 143 cm³/mol. The number of aliphatic hydroxyl groups is 3. The van der Waals surface area contributed by atoms with Crippen molar-refractivity contribution in [3.05, 3.63) is 0 Å². The van der Waals surface area contributed by atoms with Crippen LogP contribution in [0.25, 0.3) is 0 Å². The highest BCUT2D eigenvalue weighted by molar-refractivity contribution is 5.79. The van der Waals surface area contributed by atoms with Gasteiger partial charge in [-0.15, -0.1) is 0 Å². The molecule has 214 valence electrons. The van der Waals surface area contributed by atoms with Gasteiger partial charge in [-0.25, -0.2) is 0 Å². The summed E-state index contributed by atoms with van der Waals surface area (Å²) in [6, 6.07) is 0.465. The van der Waals surface area contributed by atoms with E-state index in [1.165, 1.54) is 0 Å². The molecule has 3 fully saturated rings. The molecule has 6 unspecified atom stereocenters. The second kappa shape index (κ2) is 15.6. The smallest absolute Gasteiger partial charge is 0.222 e. The summed E-state index contributed by atoms with van der Waals surface area (Å²) >= 11 is 0. The van der Waals surface area contributed by atoms with Crippen molar-refractivity contribution in [1.82, 2.24) is 14.7 Å². The van der Waals surface area contributed by atoms with Crippen molar-refractivity contribution in [3.63, 3.8) is 0 Å². The number of rotatable bonds is 13. The first kappa shape index (κ1) is 31.5. The first-order chi connectivity index (χ1) is 17.6. The summed E-state index contributed by atoms with van der Waals surface area (Å²) < 4.78 is 0. The molecule has 3 heterocycles. The second-order valence-electron chi connectivity index (χ2n) is 11.1. The summed E-state index contributed by atoms with van der Waals surface area (Å²) in [5.41, 5.74) is 0. The number of hydrogen-bond acceptors (Lipinski definition) is 6. The van der Waals surface area contributed by atoms with E-state index in [0.29, 0.717) is 38.5 Å². The van der Waals surface area contributed by atoms with Crippen LogP contribution < -0.4 is 0 Å². The van der Waals surface area contributed by atoms with Crippen LogP contribution in [0.5, 0.6) is 0 Å². The highest BCUT2D eigenvalue weighted by Gasteiger charge is 2.36. The molecule has 9 nitrogen and oxygen atoms in total. The van der Waals surface area contributed by atoms with Crippen LogP contribution >= 0.6 is 0 Å². The quantitative estimate of drug-likeness (QED) is 0.340. The third-order valence-electron chi connectivity index (χ3n) is 8.00. The molecule has 0 bridgehead atoms. The molecule has 0 aromatic carbocycles. The molecule has 3 aliphatic heterocycles. The van der Waals surface area contributed by atoms with Gasteiger partial charge in [0.15, 0.2) is 0 Å². The van der Waals surface area contributed by atoms with Gasteiger partial charge in [-0.1, -0.05) is 13.8 Å². The Morgan fingerprint density at radius 2 is 1.11 bits per heavy atom. The second-order valence-corrected chi connectivity index (χ2v) is 11.1. The van der Waals surface area contributed by atoms with Crippen molar-refractivity contribution >= 4 is 17.7 Å². The van der Waals surface area contributed by atoms with Gasteiger partial charge >= 0.3 is 0 Å². The fourth-order valence-corrected chi connectivity index (χ4v) is 5.92. The molecule has 0 aromatic rings. The summed E-state index contributed by atoms with van der Waals surface area (Å²) in [4.78, 5) is 42.8. The lowest BCUT2D eigenvalue weighted by Crippen LogP contribution is -2.47. The molecule has 3 amide bonds. The van der Waals surface area contributed by atoms with Gasteiger partial charge < -0.3 is 30.0 Å². The van der Waals surface area contributed by atoms with Gasteiger partial charge in [0.2, 0.25) is 17.7 Å². The Labute approximate surface area is 223 Å². The molecular weight excluding hydrogens is 474 g/mol. The monoisotopic (exact) mass is 525 g/mol. The SMILES string of the molecule is CCC(CC(CC(C)N1CCCC1=O)N1CCCC1=O)N1CCCC1=O.CCC(O)CC(O)CC(C)O. The molecule has 0 radical (unpaired) electrons. The minimum Gasteiger partial charge on any atom is -0.393 e. The van der Waals surface area contributed by atoms with Crippen LogP contribution in [0.2, 0.25) is 0 Å². The summed E-state index contributed by atoms with van der Waals surface area (Å²) in [5.74, 6) is 0.731. The highest BCUT2D eigenvalue weighted by atomic mass is 16.3. The number of aliphatic hydroxyl groups excluding tert-OH is 3. The van der Waals surface area contributed by atoms with Crippen molar-refractivity contribution in [2.75, 3.05) is 19.6 Å². The molecule has 6 atom stereocenters. The van der Waals surface area contributed by atoms with Crippen LogP contribution in [0.3, 0.4) is 0 Å². The number of carbonyl (C=O) groups is 3. The minimum atomic E-state index is -0.579. The van der Waals surface area contributed by atoms with Crippen LogP contribution in [0.4, 0.5) is 0 Å². The van der Waals surface area contributed by atoms with E-state index in [0.717, 1.165) is 58.2 Å². The lowest BCUT2D eigenvalue weighted by Gasteiger charge is -2.37. The maximum absolute atomic E-state index is 12.4. The standard InChI is InChI=1S/C20H33N3O3.C8H18O3/c1-3-16(22-11-5-8-19(22)25)14-17(23-12-6-9-20(23)26)13-15(2)21-10-4-7-18(21)24;1-3-7(10)5-8(11)4-6(2)9/h15-17H,3-14H2,1-2H3;6-11H,3-5H2,1-2H3. The maximum atomic E-state index is 12.4. The summed E-state index contributed by atoms with van der Waals surface area (Å²) in [6.07, 6.45) is 7.16. The van der Waals surface area contributed by atoms with E-state index in [1.54, 1.807) is 6.92 Å². The Balaban J connectivity index is 0.000000371. The van der Waals surface area contributed by atoms with E-state index in [1.807, 2.05) is 21.6 Å². The Bertz CT molecular complexity index is 733. The number of hydrogen-bond donors (Lipinski definition) is 3. The number of nitrogens with zero attached hydrogens (tertiary/aromatic N) is 3. The van der Waals surface area contributed by atoms with Gasteiger partial charge in [-0.2, -0.15) is 0 Å². The van der Waals surface area contributed by atoms with Crippen LogP contribution in [-0.2, 0) is 14.4 Å². The van der Waals surface area contributed by atoms with E-state index in [4.69, 9.17) is 10.2 Å². The van der Waals surface area contributed by atoms with Gasteiger partial charge in [0.1, 0.15) is 0 Å². The third kappa shape index (κ3) is 9.84. The molecule has 3 aliphatic rings. The normalized spacial score (nSPS) is 23.1. The Hall–Kier alpha value is -1.71. The van der Waals surface area contributed by atoms with Crippen molar-refractivity contribution < 1.29 is 29.7 Å². The lowest BCUT2D eigenvalue weighted by molar-refractivity contribution is -0.132. The van der Waals surface area contributed by atoms with Crippen LogP contribution in [0.1, 0.15) is 105 Å². The summed E-state index contributed by atoms with van der Waals surface area (Å²) in [6.45, 7) is 10.2. The summed E-state index contributed by atoms with van der Waals surface area (Å²) in [7, 11) is 0. The predicted octanol–water partition coefficient (Wildman–Crippen LogP) is 2.45. The average molecular weight is 526 g/mol. The molecule has 0 spiro atoms. The van der Waals surface area contributed by atoms with E-state index in [-0.39, 0.29) is 35.8 Å². The van der Waals surface area contributed by atoms with E-state index < -0.39 is 18.3 Å². The van der Waals surface area contributed by atoms with E-state index in [2.05, 4.69) is 13.8 Å². The number of likely N-dealkylation sites (tertiary alicyclic amines) is 3. The summed E-state index contributed by atoms with van der Waals surface area (Å²) in [5, 5.41) is 27.2. The first-order valence-electron chi connectivity index (χ1n) is 14.5. The molecule has 0 aliphatic carbocycles. The molecule has 0 aromatic heterocycles. The van der Waals surface area contributed by atoms with E-state index >= 15 is 0 Å². The largest absolute Gasteiger partial charge is 0.393 e. The molecule has 3 N–H and O–H groups in total. The van der Waals surface area contributed by atoms with Crippen LogP contribution in [0, 0.1) is 0 Å². The van der Waals surface area contributed by atoms with Crippen molar-refractivity contribution in [2.45, 2.75) is 141 Å². The van der Waals surface area contributed by atoms with Crippen LogP contribution in [0.15, 0.2) is 0 Å². The van der Waals surface area contributed by atoms with E-state index in [9.17, 15) is 19.5 Å². The van der Waals surface area contributed by atoms with Crippen molar-refractivity contribution in [1.29, 1.82) is 0 Å². The zero-order chi connectivity index (χ0) is 27.5. The van der Waals surface area contributed by atoms with Crippen molar-refractivity contribution in [3.8, 4) is 0 Å². The number of carbonyl (C=O) groups excluding carboxylic acids is 3. The Kier molecular flexibility index (Phi) is 13.3. The zero-order valence-corrected chi connectivity index (χ0v) is 23.5. The lowest BCUT2D eigenvalue weighted by atomic mass is 9.96. The topological polar surface area (TPSA) is 122 Å². The van der Waals surface area contributed by atoms with Crippen molar-refractivity contribution in [2.24, 2.45) is 0 Å². The third-order valence-corrected chi connectivity index (χ3v) is 8.00. The fraction of sp³-hybridized carbons (Fsp3) is 0.893. The molecule has 3 rings (SSSR count). The molecule has 9 heteroatoms. The number of amides is 3. The van der Waals surface area contributed by atoms with Crippen LogP contribution in [-0.4, -0.2) is 104 Å². The van der Waals surface area contributed by atoms with Gasteiger partial charge in [0.25, 0.3) is 0 Å². The molecular formula is C28H51N3O6. The maximum Gasteiger partial charge on any atom is 0.222 e. The van der Waals surface area contributed by atoms with Gasteiger partial charge in [-0.05, 0) is 71.6 Å². The molecule has 37 heavy (non-hydrogen) atoms. The van der Waals surface area contributed by atoms with Gasteiger partial charge in [0.05, 0.1) is 18.3 Å². The average Bonchev–Trinajstić information content (AvgIpc) is 3.57. The molecule has 0 saturated carbocycles. The molecule has 3 saturated heterocycles.